The Kier molecular flexibility index (Phi) is 12.6. The minimum absolute atomic E-state index is 0.00864. The summed E-state index contributed by atoms with van der Waals surface area (Å²) in [5.41, 5.74) is 4.99. The Bertz CT molecular complexity index is 1650. The van der Waals surface area contributed by atoms with Crippen LogP contribution in [0.5, 0.6) is 28.7 Å². The van der Waals surface area contributed by atoms with Crippen LogP contribution in [0.2, 0.25) is 0 Å². The van der Waals surface area contributed by atoms with E-state index in [2.05, 4.69) is 0 Å². The van der Waals surface area contributed by atoms with Gasteiger partial charge in [-0.1, -0.05) is 61.4 Å². The van der Waals surface area contributed by atoms with Gasteiger partial charge in [0.15, 0.2) is 11.5 Å². The van der Waals surface area contributed by atoms with Crippen molar-refractivity contribution in [3.8, 4) is 39.9 Å². The van der Waals surface area contributed by atoms with E-state index in [0.29, 0.717) is 31.8 Å². The third-order valence-electron chi connectivity index (χ3n) is 8.05. The van der Waals surface area contributed by atoms with Crippen molar-refractivity contribution in [1.29, 1.82) is 0 Å². The van der Waals surface area contributed by atoms with Gasteiger partial charge in [-0.3, -0.25) is 9.59 Å². The highest BCUT2D eigenvalue weighted by molar-refractivity contribution is 5.70. The molecular weight excluding hydrogens is 612 g/mol. The summed E-state index contributed by atoms with van der Waals surface area (Å²) in [5.74, 6) is 1.82. The number of carboxylic acid groups (broad SMARTS) is 2. The molecule has 0 amide bonds. The molecule has 1 heterocycles. The fourth-order valence-electron chi connectivity index (χ4n) is 5.58. The molecule has 0 saturated carbocycles. The van der Waals surface area contributed by atoms with E-state index in [1.807, 2.05) is 84.9 Å². The van der Waals surface area contributed by atoms with Gasteiger partial charge in [0.2, 0.25) is 6.79 Å². The van der Waals surface area contributed by atoms with Crippen molar-refractivity contribution in [1.82, 2.24) is 0 Å². The number of benzene rings is 4. The fraction of sp³-hybridized carbons (Fsp3) is 0.333. The Morgan fingerprint density at radius 2 is 1.38 bits per heavy atom. The van der Waals surface area contributed by atoms with Crippen LogP contribution >= 0.6 is 0 Å². The molecular formula is C39H42O9. The van der Waals surface area contributed by atoms with Crippen molar-refractivity contribution in [3.63, 3.8) is 0 Å². The van der Waals surface area contributed by atoms with Crippen molar-refractivity contribution in [2.75, 3.05) is 20.0 Å². The minimum Gasteiger partial charge on any atom is -0.493 e. The summed E-state index contributed by atoms with van der Waals surface area (Å²) in [6.07, 6.45) is 5.41. The number of ether oxygens (including phenoxy) is 5. The van der Waals surface area contributed by atoms with Gasteiger partial charge in [0.05, 0.1) is 13.2 Å². The molecule has 0 aromatic heterocycles. The number of carbonyl (C=O) groups is 2. The SMILES string of the molecule is O=C(O)CCCOc1cccc(CCCCCCOc2cc(OCc3ccccc3)cc(-c3ccc4c(c3)OCO4)c2)c1CCC(=O)O. The average molecular weight is 655 g/mol. The first-order valence-electron chi connectivity index (χ1n) is 16.5. The van der Waals surface area contributed by atoms with Crippen LogP contribution in [0.4, 0.5) is 0 Å². The summed E-state index contributed by atoms with van der Waals surface area (Å²) in [5, 5.41) is 18.2. The van der Waals surface area contributed by atoms with Crippen molar-refractivity contribution in [3.05, 3.63) is 102 Å². The van der Waals surface area contributed by atoms with Gasteiger partial charge in [0.25, 0.3) is 0 Å². The van der Waals surface area contributed by atoms with Gasteiger partial charge in [-0.15, -0.1) is 0 Å². The van der Waals surface area contributed by atoms with E-state index in [0.717, 1.165) is 82.9 Å². The van der Waals surface area contributed by atoms with Crippen molar-refractivity contribution >= 4 is 11.9 Å². The maximum Gasteiger partial charge on any atom is 0.303 e. The van der Waals surface area contributed by atoms with Gasteiger partial charge in [-0.25, -0.2) is 0 Å². The summed E-state index contributed by atoms with van der Waals surface area (Å²) in [7, 11) is 0. The highest BCUT2D eigenvalue weighted by Crippen LogP contribution is 2.38. The fourth-order valence-corrected chi connectivity index (χ4v) is 5.58. The Morgan fingerprint density at radius 1 is 0.625 bits per heavy atom. The maximum absolute atomic E-state index is 11.3. The first-order valence-corrected chi connectivity index (χ1v) is 16.5. The van der Waals surface area contributed by atoms with Gasteiger partial charge >= 0.3 is 11.9 Å². The van der Waals surface area contributed by atoms with E-state index in [1.165, 1.54) is 0 Å². The normalized spacial score (nSPS) is 11.7. The highest BCUT2D eigenvalue weighted by Gasteiger charge is 2.16. The van der Waals surface area contributed by atoms with Gasteiger partial charge in [-0.2, -0.15) is 0 Å². The third-order valence-corrected chi connectivity index (χ3v) is 8.05. The van der Waals surface area contributed by atoms with Gasteiger partial charge in [0, 0.05) is 18.9 Å². The van der Waals surface area contributed by atoms with E-state index >= 15 is 0 Å². The van der Waals surface area contributed by atoms with Gasteiger partial charge in [0.1, 0.15) is 23.9 Å². The Morgan fingerprint density at radius 3 is 2.19 bits per heavy atom. The molecule has 1 aliphatic rings. The van der Waals surface area contributed by atoms with Crippen LogP contribution in [0.3, 0.4) is 0 Å². The van der Waals surface area contributed by atoms with Crippen molar-refractivity contribution in [2.24, 2.45) is 0 Å². The molecule has 4 aromatic carbocycles. The molecule has 5 rings (SSSR count). The van der Waals surface area contributed by atoms with Crippen LogP contribution in [0.25, 0.3) is 11.1 Å². The Hall–Kier alpha value is -5.18. The van der Waals surface area contributed by atoms with Crippen molar-refractivity contribution in [2.45, 2.75) is 64.4 Å². The first-order chi connectivity index (χ1) is 23.4. The molecule has 0 aliphatic carbocycles. The molecule has 4 aromatic rings. The summed E-state index contributed by atoms with van der Waals surface area (Å²) < 4.78 is 29.3. The van der Waals surface area contributed by atoms with Crippen LogP contribution in [0.15, 0.2) is 84.9 Å². The predicted octanol–water partition coefficient (Wildman–Crippen LogP) is 8.10. The van der Waals surface area contributed by atoms with Gasteiger partial charge < -0.3 is 33.9 Å². The molecule has 48 heavy (non-hydrogen) atoms. The smallest absolute Gasteiger partial charge is 0.303 e. The summed E-state index contributed by atoms with van der Waals surface area (Å²) >= 11 is 0. The van der Waals surface area contributed by atoms with E-state index < -0.39 is 11.9 Å². The van der Waals surface area contributed by atoms with Crippen LogP contribution in [-0.2, 0) is 29.0 Å². The first kappa shape index (κ1) is 34.2. The summed E-state index contributed by atoms with van der Waals surface area (Å²) in [6, 6.07) is 27.6. The monoisotopic (exact) mass is 654 g/mol. The zero-order valence-electron chi connectivity index (χ0n) is 27.0. The molecule has 0 fully saturated rings. The standard InChI is InChI=1S/C39H42O9/c40-38(41)15-9-21-45-35-14-8-13-29(34(35)17-19-39(42)43)12-6-1-2-7-20-44-32-22-31(30-16-18-36-37(24-30)48-27-47-36)23-33(25-32)46-26-28-10-4-3-5-11-28/h3-5,8,10-11,13-14,16,18,22-25H,1-2,6-7,9,12,15,17,19-21,26-27H2,(H,40,41)(H,42,43). The number of hydrogen-bond acceptors (Lipinski definition) is 7. The number of carboxylic acids is 2. The topological polar surface area (TPSA) is 121 Å². The zero-order chi connectivity index (χ0) is 33.6. The Balaban J connectivity index is 1.14. The zero-order valence-corrected chi connectivity index (χ0v) is 27.0. The molecule has 252 valence electrons. The summed E-state index contributed by atoms with van der Waals surface area (Å²) in [4.78, 5) is 22.1. The van der Waals surface area contributed by atoms with E-state index in [9.17, 15) is 14.7 Å². The lowest BCUT2D eigenvalue weighted by Crippen LogP contribution is -2.07. The van der Waals surface area contributed by atoms with E-state index in [-0.39, 0.29) is 26.2 Å². The molecule has 0 radical (unpaired) electrons. The third kappa shape index (κ3) is 10.4. The number of aliphatic carboxylic acids is 2. The molecule has 1 aliphatic heterocycles. The minimum atomic E-state index is -0.865. The second-order valence-corrected chi connectivity index (χ2v) is 11.7. The lowest BCUT2D eigenvalue weighted by atomic mass is 9.97. The lowest BCUT2D eigenvalue weighted by molar-refractivity contribution is -0.138. The molecule has 0 atom stereocenters. The number of fused-ring (bicyclic) bond motifs is 1. The number of unbranched alkanes of at least 4 members (excludes halogenated alkanes) is 3. The lowest BCUT2D eigenvalue weighted by Gasteiger charge is -2.15. The van der Waals surface area contributed by atoms with Gasteiger partial charge in [-0.05, 0) is 90.3 Å². The molecule has 2 N–H and O–H groups in total. The van der Waals surface area contributed by atoms with E-state index in [4.69, 9.17) is 28.8 Å². The number of rotatable bonds is 20. The van der Waals surface area contributed by atoms with Crippen LogP contribution < -0.4 is 23.7 Å². The molecule has 9 heteroatoms. The van der Waals surface area contributed by atoms with Crippen molar-refractivity contribution < 1.29 is 43.5 Å². The predicted molar refractivity (Wildman–Crippen MR) is 181 cm³/mol. The molecule has 0 saturated heterocycles. The van der Waals surface area contributed by atoms with Crippen LogP contribution in [-0.4, -0.2) is 42.2 Å². The molecule has 0 bridgehead atoms. The number of aryl methyl sites for hydroxylation is 1. The Labute approximate surface area is 281 Å². The molecule has 0 spiro atoms. The second-order valence-electron chi connectivity index (χ2n) is 11.7. The highest BCUT2D eigenvalue weighted by atomic mass is 16.7. The average Bonchev–Trinajstić information content (AvgIpc) is 3.57. The quantitative estimate of drug-likeness (QED) is 0.0911. The number of hydrogen-bond donors (Lipinski definition) is 2. The van der Waals surface area contributed by atoms with Crippen LogP contribution in [0, 0.1) is 0 Å². The summed E-state index contributed by atoms with van der Waals surface area (Å²) in [6.45, 7) is 1.50. The maximum atomic E-state index is 11.3. The van der Waals surface area contributed by atoms with E-state index in [1.54, 1.807) is 0 Å². The molecule has 9 nitrogen and oxygen atoms in total. The molecule has 0 unspecified atom stereocenters. The van der Waals surface area contributed by atoms with Crippen LogP contribution in [0.1, 0.15) is 61.6 Å². The largest absolute Gasteiger partial charge is 0.493 e. The second kappa shape index (κ2) is 17.7.